The van der Waals surface area contributed by atoms with E-state index in [4.69, 9.17) is 14.2 Å². The highest BCUT2D eigenvalue weighted by Crippen LogP contribution is 2.16. The molecule has 0 aromatic carbocycles. The van der Waals surface area contributed by atoms with Crippen LogP contribution in [-0.2, 0) is 14.2 Å². The zero-order valence-corrected chi connectivity index (χ0v) is 7.87. The van der Waals surface area contributed by atoms with E-state index in [-0.39, 0.29) is 18.4 Å². The van der Waals surface area contributed by atoms with E-state index < -0.39 is 0 Å². The summed E-state index contributed by atoms with van der Waals surface area (Å²) in [7, 11) is 5.28. The molecule has 1 saturated heterocycles. The quantitative estimate of drug-likeness (QED) is 0.654. The molecule has 72 valence electrons. The van der Waals surface area contributed by atoms with Gasteiger partial charge in [0.2, 0.25) is 0 Å². The summed E-state index contributed by atoms with van der Waals surface area (Å²) in [6, 6.07) is 0.279. The Morgan fingerprint density at radius 1 is 1.33 bits per heavy atom. The Kier molecular flexibility index (Phi) is 3.94. The minimum absolute atomic E-state index is 0.112. The molecule has 1 unspecified atom stereocenters. The normalized spacial score (nSPS) is 36.8. The van der Waals surface area contributed by atoms with Gasteiger partial charge in [-0.2, -0.15) is 0 Å². The maximum Gasteiger partial charge on any atom is 0.159 e. The molecule has 1 heterocycles. The van der Waals surface area contributed by atoms with Gasteiger partial charge in [-0.1, -0.05) is 0 Å². The van der Waals surface area contributed by atoms with Gasteiger partial charge in [0.1, 0.15) is 0 Å². The average Bonchev–Trinajstić information content (AvgIpc) is 2.16. The number of likely N-dealkylation sites (N-methyl/N-ethyl adjacent to an activating group) is 1. The molecule has 4 heteroatoms. The van der Waals surface area contributed by atoms with Crippen LogP contribution in [0.15, 0.2) is 0 Å². The Balaban J connectivity index is 2.41. The van der Waals surface area contributed by atoms with Crippen LogP contribution >= 0.6 is 0 Å². The van der Waals surface area contributed by atoms with Crippen LogP contribution in [0.2, 0.25) is 0 Å². The van der Waals surface area contributed by atoms with E-state index in [0.717, 1.165) is 6.42 Å². The van der Waals surface area contributed by atoms with Gasteiger partial charge in [-0.3, -0.25) is 0 Å². The summed E-state index contributed by atoms with van der Waals surface area (Å²) in [4.78, 5) is 0. The van der Waals surface area contributed by atoms with Crippen LogP contribution in [-0.4, -0.2) is 46.3 Å². The van der Waals surface area contributed by atoms with Gasteiger partial charge in [-0.15, -0.1) is 0 Å². The third-order valence-corrected chi connectivity index (χ3v) is 2.27. The first-order valence-electron chi connectivity index (χ1n) is 4.16. The topological polar surface area (TPSA) is 39.7 Å². The summed E-state index contributed by atoms with van der Waals surface area (Å²) in [6.45, 7) is 0.646. The largest absolute Gasteiger partial charge is 0.380 e. The predicted molar refractivity (Wildman–Crippen MR) is 45.0 cm³/mol. The second kappa shape index (κ2) is 4.77. The fraction of sp³-hybridized carbons (Fsp3) is 1.00. The summed E-state index contributed by atoms with van der Waals surface area (Å²) in [6.07, 6.45) is 0.867. The molecule has 0 radical (unpaired) electrons. The minimum Gasteiger partial charge on any atom is -0.380 e. The minimum atomic E-state index is -0.112. The lowest BCUT2D eigenvalue weighted by molar-refractivity contribution is -0.184. The second-order valence-electron chi connectivity index (χ2n) is 2.90. The van der Waals surface area contributed by atoms with E-state index >= 15 is 0 Å². The second-order valence-corrected chi connectivity index (χ2v) is 2.90. The first-order valence-corrected chi connectivity index (χ1v) is 4.16. The van der Waals surface area contributed by atoms with Crippen molar-refractivity contribution in [3.8, 4) is 0 Å². The van der Waals surface area contributed by atoms with E-state index in [2.05, 4.69) is 5.32 Å². The van der Waals surface area contributed by atoms with Crippen molar-refractivity contribution in [3.05, 3.63) is 0 Å². The van der Waals surface area contributed by atoms with E-state index in [0.29, 0.717) is 6.61 Å². The van der Waals surface area contributed by atoms with Crippen LogP contribution in [0.1, 0.15) is 6.42 Å². The highest BCUT2D eigenvalue weighted by atomic mass is 16.7. The van der Waals surface area contributed by atoms with Crippen LogP contribution in [0.4, 0.5) is 0 Å². The molecule has 1 fully saturated rings. The Morgan fingerprint density at radius 3 is 2.58 bits per heavy atom. The molecule has 0 saturated carbocycles. The molecular weight excluding hydrogens is 158 g/mol. The summed E-state index contributed by atoms with van der Waals surface area (Å²) in [5.74, 6) is 0. The van der Waals surface area contributed by atoms with Crippen LogP contribution < -0.4 is 5.32 Å². The van der Waals surface area contributed by atoms with Crippen LogP contribution in [0.3, 0.4) is 0 Å². The molecule has 3 atom stereocenters. The molecule has 1 aliphatic rings. The standard InChI is InChI=1S/C8H17NO3/c1-9-6-5-12-8(11-3)4-7(6)10-2/h6-9H,4-5H2,1-3H3/t6?,7-,8-/m0/s1. The molecule has 1 N–H and O–H groups in total. The van der Waals surface area contributed by atoms with Gasteiger partial charge in [0.05, 0.1) is 18.8 Å². The molecule has 12 heavy (non-hydrogen) atoms. The lowest BCUT2D eigenvalue weighted by Gasteiger charge is -2.34. The number of ether oxygens (including phenoxy) is 3. The number of hydrogen-bond acceptors (Lipinski definition) is 4. The summed E-state index contributed by atoms with van der Waals surface area (Å²) in [5.41, 5.74) is 0. The Hall–Kier alpha value is -0.160. The maximum atomic E-state index is 5.40. The fourth-order valence-electron chi connectivity index (χ4n) is 1.43. The van der Waals surface area contributed by atoms with Crippen LogP contribution in [0.5, 0.6) is 0 Å². The van der Waals surface area contributed by atoms with Crippen molar-refractivity contribution in [1.82, 2.24) is 5.32 Å². The monoisotopic (exact) mass is 175 g/mol. The maximum absolute atomic E-state index is 5.40. The molecule has 1 rings (SSSR count). The van der Waals surface area contributed by atoms with Crippen molar-refractivity contribution in [1.29, 1.82) is 0 Å². The molecular formula is C8H17NO3. The zero-order chi connectivity index (χ0) is 8.97. The van der Waals surface area contributed by atoms with Crippen molar-refractivity contribution in [2.75, 3.05) is 27.9 Å². The SMILES string of the molecule is CNC1CO[C@H](OC)C[C@@H]1OC. The summed E-state index contributed by atoms with van der Waals surface area (Å²) in [5, 5.41) is 3.14. The number of methoxy groups -OCH3 is 2. The van der Waals surface area contributed by atoms with E-state index in [9.17, 15) is 0 Å². The number of hydrogen-bond donors (Lipinski definition) is 1. The van der Waals surface area contributed by atoms with Crippen LogP contribution in [0.25, 0.3) is 0 Å². The first kappa shape index (κ1) is 9.92. The molecule has 0 amide bonds. The molecule has 0 aromatic heterocycles. The first-order chi connectivity index (χ1) is 5.81. The molecule has 4 nitrogen and oxygen atoms in total. The van der Waals surface area contributed by atoms with Crippen LogP contribution in [0, 0.1) is 0 Å². The smallest absolute Gasteiger partial charge is 0.159 e. The van der Waals surface area contributed by atoms with E-state index in [1.165, 1.54) is 0 Å². The van der Waals surface area contributed by atoms with Crippen molar-refractivity contribution >= 4 is 0 Å². The fourth-order valence-corrected chi connectivity index (χ4v) is 1.43. The highest BCUT2D eigenvalue weighted by Gasteiger charge is 2.29. The Labute approximate surface area is 73.2 Å². The number of nitrogens with one attached hydrogen (secondary N) is 1. The average molecular weight is 175 g/mol. The summed E-state index contributed by atoms with van der Waals surface area (Å²) >= 11 is 0. The van der Waals surface area contributed by atoms with Gasteiger partial charge < -0.3 is 19.5 Å². The molecule has 0 aromatic rings. The van der Waals surface area contributed by atoms with Gasteiger partial charge in [0.15, 0.2) is 6.29 Å². The molecule has 0 spiro atoms. The van der Waals surface area contributed by atoms with E-state index in [1.807, 2.05) is 7.05 Å². The van der Waals surface area contributed by atoms with E-state index in [1.54, 1.807) is 14.2 Å². The molecule has 0 aliphatic carbocycles. The highest BCUT2D eigenvalue weighted by molar-refractivity contribution is 4.80. The van der Waals surface area contributed by atoms with Gasteiger partial charge in [-0.05, 0) is 7.05 Å². The van der Waals surface area contributed by atoms with Gasteiger partial charge in [-0.25, -0.2) is 0 Å². The van der Waals surface area contributed by atoms with Crippen molar-refractivity contribution in [3.63, 3.8) is 0 Å². The third kappa shape index (κ3) is 2.17. The molecule has 1 aliphatic heterocycles. The zero-order valence-electron chi connectivity index (χ0n) is 7.87. The van der Waals surface area contributed by atoms with Crippen molar-refractivity contribution in [2.24, 2.45) is 0 Å². The predicted octanol–water partition coefficient (Wildman–Crippen LogP) is -0.0178. The van der Waals surface area contributed by atoms with Gasteiger partial charge in [0, 0.05) is 20.6 Å². The molecule has 0 bridgehead atoms. The van der Waals surface area contributed by atoms with Crippen molar-refractivity contribution < 1.29 is 14.2 Å². The lowest BCUT2D eigenvalue weighted by Crippen LogP contribution is -2.49. The number of rotatable bonds is 3. The van der Waals surface area contributed by atoms with Crippen molar-refractivity contribution in [2.45, 2.75) is 24.9 Å². The Bertz CT molecular complexity index is 131. The summed E-state index contributed by atoms with van der Waals surface area (Å²) < 4.78 is 15.8. The lowest BCUT2D eigenvalue weighted by atomic mass is 10.1. The third-order valence-electron chi connectivity index (χ3n) is 2.27. The Morgan fingerprint density at radius 2 is 2.08 bits per heavy atom. The van der Waals surface area contributed by atoms with Gasteiger partial charge in [0.25, 0.3) is 0 Å². The van der Waals surface area contributed by atoms with Gasteiger partial charge >= 0.3 is 0 Å².